The van der Waals surface area contributed by atoms with E-state index in [9.17, 15) is 22.8 Å². The molecule has 7 nitrogen and oxygen atoms in total. The zero-order chi connectivity index (χ0) is 22.2. The number of benzene rings is 1. The number of ether oxygens (including phenoxy) is 1. The second-order valence-electron chi connectivity index (χ2n) is 7.38. The average molecular weight is 432 g/mol. The molecule has 0 bridgehead atoms. The summed E-state index contributed by atoms with van der Waals surface area (Å²) in [5.74, 6) is 0.0284. The maximum atomic E-state index is 12.7. The van der Waals surface area contributed by atoms with Gasteiger partial charge in [-0.2, -0.15) is 13.2 Å². The molecule has 1 aromatic heterocycles. The number of aromatic nitrogens is 2. The van der Waals surface area contributed by atoms with Gasteiger partial charge in [0.1, 0.15) is 12.1 Å². The smallest absolute Gasteiger partial charge is 0.416 e. The summed E-state index contributed by atoms with van der Waals surface area (Å²) in [5, 5.41) is 0. The summed E-state index contributed by atoms with van der Waals surface area (Å²) < 4.78 is 43.9. The maximum Gasteiger partial charge on any atom is 0.416 e. The van der Waals surface area contributed by atoms with Crippen LogP contribution in [0, 0.1) is 5.92 Å². The molecular formula is C21H19F3N4O3. The molecule has 0 saturated carbocycles. The van der Waals surface area contributed by atoms with Crippen LogP contribution in [0.4, 0.5) is 13.2 Å². The Labute approximate surface area is 176 Å². The molecular weight excluding hydrogens is 413 g/mol. The highest BCUT2D eigenvalue weighted by molar-refractivity contribution is 5.90. The molecule has 1 aromatic carbocycles. The Morgan fingerprint density at radius 1 is 1.13 bits per heavy atom. The molecule has 3 heterocycles. The van der Waals surface area contributed by atoms with E-state index in [4.69, 9.17) is 4.74 Å². The van der Waals surface area contributed by atoms with Gasteiger partial charge in [-0.15, -0.1) is 0 Å². The molecule has 0 spiro atoms. The first-order valence-corrected chi connectivity index (χ1v) is 9.64. The van der Waals surface area contributed by atoms with Crippen molar-refractivity contribution in [3.05, 3.63) is 60.1 Å². The molecule has 2 amide bonds. The van der Waals surface area contributed by atoms with E-state index in [1.807, 2.05) is 0 Å². The van der Waals surface area contributed by atoms with E-state index in [-0.39, 0.29) is 35.9 Å². The fraction of sp³-hybridized carbons (Fsp3) is 0.333. The van der Waals surface area contributed by atoms with Gasteiger partial charge in [-0.3, -0.25) is 9.59 Å². The van der Waals surface area contributed by atoms with Crippen LogP contribution in [0.1, 0.15) is 16.8 Å². The van der Waals surface area contributed by atoms with Crippen LogP contribution < -0.4 is 4.74 Å². The third-order valence-corrected chi connectivity index (χ3v) is 5.39. The second-order valence-corrected chi connectivity index (χ2v) is 7.38. The average Bonchev–Trinajstić information content (AvgIpc) is 2.72. The van der Waals surface area contributed by atoms with Crippen LogP contribution in [-0.4, -0.2) is 51.2 Å². The number of nitrogens with zero attached hydrogens (tertiary/aromatic N) is 4. The van der Waals surface area contributed by atoms with E-state index >= 15 is 0 Å². The van der Waals surface area contributed by atoms with Crippen LogP contribution in [0.25, 0.3) is 0 Å². The number of rotatable bonds is 4. The lowest BCUT2D eigenvalue weighted by Gasteiger charge is -2.41. The minimum absolute atomic E-state index is 0.0393. The Balaban J connectivity index is 1.42. The van der Waals surface area contributed by atoms with E-state index in [0.717, 1.165) is 17.7 Å². The maximum absolute atomic E-state index is 12.7. The summed E-state index contributed by atoms with van der Waals surface area (Å²) in [6.45, 7) is 4.91. The lowest BCUT2D eigenvalue weighted by atomic mass is 9.96. The number of carbonyl (C=O) groups excluding carboxylic acids is 2. The summed E-state index contributed by atoms with van der Waals surface area (Å²) in [7, 11) is 0. The van der Waals surface area contributed by atoms with Gasteiger partial charge in [-0.25, -0.2) is 9.97 Å². The van der Waals surface area contributed by atoms with Crippen molar-refractivity contribution in [2.75, 3.05) is 19.6 Å². The molecule has 2 aliphatic heterocycles. The number of alkyl halides is 3. The highest BCUT2D eigenvalue weighted by Gasteiger charge is 2.38. The van der Waals surface area contributed by atoms with Gasteiger partial charge in [0.2, 0.25) is 17.7 Å². The van der Waals surface area contributed by atoms with Gasteiger partial charge in [0.25, 0.3) is 0 Å². The van der Waals surface area contributed by atoms with Crippen LogP contribution in [-0.2, 0) is 28.7 Å². The zero-order valence-corrected chi connectivity index (χ0v) is 16.4. The third kappa shape index (κ3) is 4.23. The van der Waals surface area contributed by atoms with Crippen molar-refractivity contribution in [3.8, 4) is 11.6 Å². The molecule has 0 N–H and O–H groups in total. The molecule has 1 saturated heterocycles. The van der Waals surface area contributed by atoms with Gasteiger partial charge in [-0.1, -0.05) is 6.58 Å². The van der Waals surface area contributed by atoms with Crippen molar-refractivity contribution in [2.24, 2.45) is 5.92 Å². The lowest BCUT2D eigenvalue weighted by molar-refractivity contribution is -0.147. The quantitative estimate of drug-likeness (QED) is 0.695. The Hall–Kier alpha value is -3.43. The second kappa shape index (κ2) is 8.01. The minimum atomic E-state index is -4.42. The Bertz CT molecular complexity index is 1020. The molecule has 0 radical (unpaired) electrons. The van der Waals surface area contributed by atoms with E-state index < -0.39 is 11.7 Å². The number of hydrogen-bond acceptors (Lipinski definition) is 5. The standard InChI is InChI=1S/C21H19F3N4O3/c1-2-18(29)28-9-13(10-28)20(30)27-8-7-16-17(11-27)25-12-26-19(16)31-15-5-3-14(4-6-15)21(22,23)24/h2-6,12-13H,1,7-11H2. The Morgan fingerprint density at radius 3 is 2.48 bits per heavy atom. The third-order valence-electron chi connectivity index (χ3n) is 5.39. The van der Waals surface area contributed by atoms with Crippen LogP contribution in [0.2, 0.25) is 0 Å². The van der Waals surface area contributed by atoms with Gasteiger partial charge in [0, 0.05) is 25.2 Å². The van der Waals surface area contributed by atoms with Crippen LogP contribution in [0.5, 0.6) is 11.6 Å². The Morgan fingerprint density at radius 2 is 1.84 bits per heavy atom. The molecule has 1 fully saturated rings. The van der Waals surface area contributed by atoms with Crippen LogP contribution >= 0.6 is 0 Å². The predicted molar refractivity (Wildman–Crippen MR) is 103 cm³/mol. The normalized spacial score (nSPS) is 16.4. The number of carbonyl (C=O) groups is 2. The fourth-order valence-corrected chi connectivity index (χ4v) is 3.63. The van der Waals surface area contributed by atoms with Gasteiger partial charge in [0.15, 0.2) is 0 Å². The van der Waals surface area contributed by atoms with E-state index in [1.165, 1.54) is 24.5 Å². The summed E-state index contributed by atoms with van der Waals surface area (Å²) in [5.41, 5.74) is 0.599. The van der Waals surface area contributed by atoms with Crippen molar-refractivity contribution in [1.82, 2.24) is 19.8 Å². The summed E-state index contributed by atoms with van der Waals surface area (Å²) in [4.78, 5) is 35.9. The topological polar surface area (TPSA) is 75.6 Å². The highest BCUT2D eigenvalue weighted by Crippen LogP contribution is 2.33. The minimum Gasteiger partial charge on any atom is -0.439 e. The number of hydrogen-bond donors (Lipinski definition) is 0. The van der Waals surface area contributed by atoms with Gasteiger partial charge in [0.05, 0.1) is 23.7 Å². The fourth-order valence-electron chi connectivity index (χ4n) is 3.63. The first-order valence-electron chi connectivity index (χ1n) is 9.64. The first kappa shape index (κ1) is 20.8. The first-order chi connectivity index (χ1) is 14.8. The molecule has 4 rings (SSSR count). The van der Waals surface area contributed by atoms with Crippen molar-refractivity contribution in [2.45, 2.75) is 19.1 Å². The van der Waals surface area contributed by atoms with Crippen molar-refractivity contribution in [3.63, 3.8) is 0 Å². The molecule has 0 atom stereocenters. The largest absolute Gasteiger partial charge is 0.439 e. The highest BCUT2D eigenvalue weighted by atomic mass is 19.4. The summed E-state index contributed by atoms with van der Waals surface area (Å²) in [6.07, 6.45) is -1.42. The van der Waals surface area contributed by atoms with Crippen LogP contribution in [0.3, 0.4) is 0 Å². The van der Waals surface area contributed by atoms with Gasteiger partial charge >= 0.3 is 6.18 Å². The molecule has 0 aliphatic carbocycles. The number of amides is 2. The molecule has 162 valence electrons. The summed E-state index contributed by atoms with van der Waals surface area (Å²) >= 11 is 0. The number of fused-ring (bicyclic) bond motifs is 1. The van der Waals surface area contributed by atoms with Gasteiger partial charge in [-0.05, 0) is 36.8 Å². The number of halogens is 3. The molecule has 0 unspecified atom stereocenters. The Kier molecular flexibility index (Phi) is 5.38. The van der Waals surface area contributed by atoms with E-state index in [1.54, 1.807) is 9.80 Å². The van der Waals surface area contributed by atoms with Crippen LogP contribution in [0.15, 0.2) is 43.2 Å². The van der Waals surface area contributed by atoms with Gasteiger partial charge < -0.3 is 14.5 Å². The SMILES string of the molecule is C=CC(=O)N1CC(C(=O)N2CCc3c(ncnc3Oc3ccc(C(F)(F)F)cc3)C2)C1. The summed E-state index contributed by atoms with van der Waals surface area (Å²) in [6, 6.07) is 4.37. The van der Waals surface area contributed by atoms with Crippen molar-refractivity contribution < 1.29 is 27.5 Å². The predicted octanol–water partition coefficient (Wildman–Crippen LogP) is 2.82. The van der Waals surface area contributed by atoms with Crippen molar-refractivity contribution in [1.29, 1.82) is 0 Å². The van der Waals surface area contributed by atoms with E-state index in [0.29, 0.717) is 31.7 Å². The number of likely N-dealkylation sites (tertiary alicyclic amines) is 1. The molecule has 2 aliphatic rings. The molecule has 2 aromatic rings. The molecule has 31 heavy (non-hydrogen) atoms. The monoisotopic (exact) mass is 432 g/mol. The lowest BCUT2D eigenvalue weighted by Crippen LogP contribution is -2.56. The van der Waals surface area contributed by atoms with E-state index in [2.05, 4.69) is 16.5 Å². The zero-order valence-electron chi connectivity index (χ0n) is 16.4. The van der Waals surface area contributed by atoms with Crippen molar-refractivity contribution >= 4 is 11.8 Å². The molecule has 10 heteroatoms.